The minimum Gasteiger partial charge on any atom is -0.477 e. The van der Waals surface area contributed by atoms with Crippen molar-refractivity contribution in [1.29, 1.82) is 0 Å². The highest BCUT2D eigenvalue weighted by Crippen LogP contribution is 2.25. The summed E-state index contributed by atoms with van der Waals surface area (Å²) in [6, 6.07) is 3.13. The van der Waals surface area contributed by atoms with Crippen molar-refractivity contribution in [3.05, 3.63) is 33.9 Å². The Morgan fingerprint density at radius 2 is 2.04 bits per heavy atom. The number of ether oxygens (including phenoxy) is 1. The number of benzene rings is 1. The van der Waals surface area contributed by atoms with Crippen LogP contribution in [0.5, 0.6) is 0 Å². The molecule has 1 aromatic carbocycles. The summed E-state index contributed by atoms with van der Waals surface area (Å²) in [6.45, 7) is 2.99. The molecule has 1 aromatic rings. The molecule has 0 unspecified atom stereocenters. The summed E-state index contributed by atoms with van der Waals surface area (Å²) < 4.78 is 32.1. The molecule has 2 N–H and O–H groups in total. The van der Waals surface area contributed by atoms with Gasteiger partial charge in [0.1, 0.15) is 4.90 Å². The van der Waals surface area contributed by atoms with E-state index in [2.05, 4.69) is 4.72 Å². The lowest BCUT2D eigenvalue weighted by atomic mass is 10.2. The van der Waals surface area contributed by atoms with Crippen LogP contribution in [0.4, 0.5) is 5.69 Å². The van der Waals surface area contributed by atoms with Crippen molar-refractivity contribution in [1.82, 2.24) is 9.62 Å². The molecular formula is C13H17N3O7S. The summed E-state index contributed by atoms with van der Waals surface area (Å²) in [5.74, 6) is -1.67. The highest BCUT2D eigenvalue weighted by Gasteiger charge is 2.30. The van der Waals surface area contributed by atoms with E-state index < -0.39 is 37.1 Å². The second kappa shape index (κ2) is 7.66. The molecule has 1 saturated heterocycles. The van der Waals surface area contributed by atoms with Crippen molar-refractivity contribution in [2.75, 3.05) is 39.4 Å². The Hall–Kier alpha value is -2.08. The molecule has 132 valence electrons. The van der Waals surface area contributed by atoms with E-state index in [0.717, 1.165) is 18.2 Å². The van der Waals surface area contributed by atoms with Crippen molar-refractivity contribution in [3.63, 3.8) is 0 Å². The molecule has 1 aliphatic rings. The van der Waals surface area contributed by atoms with Gasteiger partial charge in [-0.05, 0) is 6.07 Å². The summed E-state index contributed by atoms with van der Waals surface area (Å²) in [6.07, 6.45) is 0. The molecule has 0 saturated carbocycles. The van der Waals surface area contributed by atoms with Crippen molar-refractivity contribution in [3.8, 4) is 0 Å². The van der Waals surface area contributed by atoms with Crippen LogP contribution in [-0.2, 0) is 14.8 Å². The largest absolute Gasteiger partial charge is 0.477 e. The van der Waals surface area contributed by atoms with E-state index in [-0.39, 0.29) is 6.54 Å². The first-order chi connectivity index (χ1) is 11.3. The summed E-state index contributed by atoms with van der Waals surface area (Å²) >= 11 is 0. The summed E-state index contributed by atoms with van der Waals surface area (Å²) in [5, 5.41) is 20.1. The third-order valence-electron chi connectivity index (χ3n) is 3.53. The Bertz CT molecular complexity index is 729. The number of nitro benzene ring substituents is 1. The molecule has 2 rings (SSSR count). The molecule has 0 atom stereocenters. The Kier molecular flexibility index (Phi) is 5.83. The van der Waals surface area contributed by atoms with Gasteiger partial charge < -0.3 is 9.84 Å². The van der Waals surface area contributed by atoms with Gasteiger partial charge in [0.25, 0.3) is 5.69 Å². The van der Waals surface area contributed by atoms with Crippen LogP contribution in [0.2, 0.25) is 0 Å². The molecule has 1 heterocycles. The molecule has 0 spiro atoms. The number of carbonyl (C=O) groups is 1. The Morgan fingerprint density at radius 1 is 1.38 bits per heavy atom. The number of morpholine rings is 1. The van der Waals surface area contributed by atoms with Crippen LogP contribution in [0, 0.1) is 10.1 Å². The number of hydrogen-bond acceptors (Lipinski definition) is 7. The second-order valence-electron chi connectivity index (χ2n) is 5.06. The fourth-order valence-corrected chi connectivity index (χ4v) is 3.59. The average Bonchev–Trinajstić information content (AvgIpc) is 2.54. The van der Waals surface area contributed by atoms with E-state index >= 15 is 0 Å². The van der Waals surface area contributed by atoms with Gasteiger partial charge in [0.15, 0.2) is 5.56 Å². The SMILES string of the molecule is O=C(O)c1c([N+](=O)[O-])cccc1S(=O)(=O)NCCN1CCOCC1. The smallest absolute Gasteiger partial charge is 0.344 e. The topological polar surface area (TPSA) is 139 Å². The van der Waals surface area contributed by atoms with E-state index in [1.807, 2.05) is 4.90 Å². The molecule has 0 bridgehead atoms. The summed E-state index contributed by atoms with van der Waals surface area (Å²) in [7, 11) is -4.19. The van der Waals surface area contributed by atoms with E-state index in [1.54, 1.807) is 0 Å². The molecule has 0 radical (unpaired) electrons. The number of nitrogens with one attached hydrogen (secondary N) is 1. The normalized spacial score (nSPS) is 16.0. The van der Waals surface area contributed by atoms with Crippen LogP contribution >= 0.6 is 0 Å². The minimum absolute atomic E-state index is 0.0596. The maximum absolute atomic E-state index is 12.3. The lowest BCUT2D eigenvalue weighted by molar-refractivity contribution is -0.385. The van der Waals surface area contributed by atoms with Crippen LogP contribution in [0.3, 0.4) is 0 Å². The number of hydrogen-bond donors (Lipinski definition) is 2. The second-order valence-corrected chi connectivity index (χ2v) is 6.80. The first-order valence-corrected chi connectivity index (χ1v) is 8.61. The predicted octanol–water partition coefficient (Wildman–Crippen LogP) is -0.0965. The average molecular weight is 359 g/mol. The first kappa shape index (κ1) is 18.3. The van der Waals surface area contributed by atoms with E-state index in [4.69, 9.17) is 9.84 Å². The number of carboxylic acids is 1. The van der Waals surface area contributed by atoms with Gasteiger partial charge in [0.2, 0.25) is 10.0 Å². The third-order valence-corrected chi connectivity index (χ3v) is 5.03. The summed E-state index contributed by atoms with van der Waals surface area (Å²) in [4.78, 5) is 22.7. The van der Waals surface area contributed by atoms with Gasteiger partial charge >= 0.3 is 5.97 Å². The Balaban J connectivity index is 2.17. The molecule has 24 heavy (non-hydrogen) atoms. The molecule has 1 aliphatic heterocycles. The number of nitro groups is 1. The van der Waals surface area contributed by atoms with Crippen molar-refractivity contribution >= 4 is 21.7 Å². The van der Waals surface area contributed by atoms with Crippen LogP contribution in [0.1, 0.15) is 10.4 Å². The molecule has 1 fully saturated rings. The molecule has 0 aliphatic carbocycles. The fraction of sp³-hybridized carbons (Fsp3) is 0.462. The van der Waals surface area contributed by atoms with E-state index in [1.165, 1.54) is 0 Å². The van der Waals surface area contributed by atoms with Gasteiger partial charge in [-0.25, -0.2) is 17.9 Å². The van der Waals surface area contributed by atoms with Crippen LogP contribution in [0.15, 0.2) is 23.1 Å². The zero-order chi connectivity index (χ0) is 17.7. The highest BCUT2D eigenvalue weighted by atomic mass is 32.2. The van der Waals surface area contributed by atoms with Gasteiger partial charge in [-0.1, -0.05) is 6.07 Å². The molecular weight excluding hydrogens is 342 g/mol. The minimum atomic E-state index is -4.19. The highest BCUT2D eigenvalue weighted by molar-refractivity contribution is 7.89. The van der Waals surface area contributed by atoms with Crippen molar-refractivity contribution in [2.24, 2.45) is 0 Å². The first-order valence-electron chi connectivity index (χ1n) is 7.13. The lowest BCUT2D eigenvalue weighted by Crippen LogP contribution is -2.41. The number of rotatable bonds is 7. The van der Waals surface area contributed by atoms with E-state index in [9.17, 15) is 23.3 Å². The van der Waals surface area contributed by atoms with Gasteiger partial charge in [0, 0.05) is 32.2 Å². The van der Waals surface area contributed by atoms with Crippen LogP contribution in [0.25, 0.3) is 0 Å². The van der Waals surface area contributed by atoms with Gasteiger partial charge in [-0.3, -0.25) is 15.0 Å². The summed E-state index contributed by atoms with van der Waals surface area (Å²) in [5.41, 5.74) is -1.61. The number of aromatic carboxylic acids is 1. The lowest BCUT2D eigenvalue weighted by Gasteiger charge is -2.26. The van der Waals surface area contributed by atoms with Crippen LogP contribution < -0.4 is 4.72 Å². The zero-order valence-electron chi connectivity index (χ0n) is 12.7. The van der Waals surface area contributed by atoms with Gasteiger partial charge in [-0.15, -0.1) is 0 Å². The molecule has 0 aromatic heterocycles. The van der Waals surface area contributed by atoms with Crippen molar-refractivity contribution in [2.45, 2.75) is 4.90 Å². The Labute approximate surface area is 138 Å². The predicted molar refractivity (Wildman–Crippen MR) is 82.5 cm³/mol. The quantitative estimate of drug-likeness (QED) is 0.508. The monoisotopic (exact) mass is 359 g/mol. The van der Waals surface area contributed by atoms with Crippen molar-refractivity contribution < 1.29 is 28.0 Å². The standard InChI is InChI=1S/C13H17N3O7S/c17-13(18)12-10(16(19)20)2-1-3-11(12)24(21,22)14-4-5-15-6-8-23-9-7-15/h1-3,14H,4-9H2,(H,17,18). The third kappa shape index (κ3) is 4.26. The number of sulfonamides is 1. The maximum Gasteiger partial charge on any atom is 0.344 e. The van der Waals surface area contributed by atoms with E-state index in [0.29, 0.717) is 32.8 Å². The van der Waals surface area contributed by atoms with Gasteiger partial charge in [-0.2, -0.15) is 0 Å². The zero-order valence-corrected chi connectivity index (χ0v) is 13.5. The Morgan fingerprint density at radius 3 is 2.62 bits per heavy atom. The molecule has 11 heteroatoms. The van der Waals surface area contributed by atoms with Crippen LogP contribution in [-0.4, -0.2) is 68.7 Å². The number of carboxylic acid groups (broad SMARTS) is 1. The van der Waals surface area contributed by atoms with Gasteiger partial charge in [0.05, 0.1) is 18.1 Å². The molecule has 10 nitrogen and oxygen atoms in total. The maximum atomic E-state index is 12.3. The molecule has 0 amide bonds. The fourth-order valence-electron chi connectivity index (χ4n) is 2.35. The number of nitrogens with zero attached hydrogens (tertiary/aromatic N) is 2.